The van der Waals surface area contributed by atoms with Crippen molar-refractivity contribution in [3.63, 3.8) is 0 Å². The average molecular weight is 315 g/mol. The molecule has 114 valence electrons. The Bertz CT molecular complexity index is 740. The second kappa shape index (κ2) is 6.81. The van der Waals surface area contributed by atoms with E-state index in [1.165, 1.54) is 0 Å². The second-order valence-corrected chi connectivity index (χ2v) is 5.76. The number of ether oxygens (including phenoxy) is 1. The Balaban J connectivity index is 1.73. The Hall–Kier alpha value is -2.05. The molecule has 2 heterocycles. The van der Waals surface area contributed by atoms with Crippen LogP contribution in [-0.2, 0) is 5.75 Å². The molecule has 0 fully saturated rings. The lowest BCUT2D eigenvalue weighted by atomic mass is 10.2. The number of para-hydroxylation sites is 2. The number of hydrogen-bond donors (Lipinski definition) is 2. The van der Waals surface area contributed by atoms with E-state index < -0.39 is 0 Å². The SMILES string of the molecule is Cc1c(OCCO)ccnc1CSc1nc2ccccc2[nH]1. The average Bonchev–Trinajstić information content (AvgIpc) is 2.95. The Labute approximate surface area is 132 Å². The molecule has 6 heteroatoms. The number of nitrogens with zero attached hydrogens (tertiary/aromatic N) is 2. The van der Waals surface area contributed by atoms with Crippen LogP contribution in [0.2, 0.25) is 0 Å². The lowest BCUT2D eigenvalue weighted by molar-refractivity contribution is 0.200. The number of aliphatic hydroxyl groups excluding tert-OH is 1. The van der Waals surface area contributed by atoms with Crippen LogP contribution in [0.25, 0.3) is 11.0 Å². The van der Waals surface area contributed by atoms with Gasteiger partial charge in [0.05, 0.1) is 23.3 Å². The number of aromatic amines is 1. The topological polar surface area (TPSA) is 71.0 Å². The number of thioether (sulfide) groups is 1. The Morgan fingerprint density at radius 2 is 2.14 bits per heavy atom. The summed E-state index contributed by atoms with van der Waals surface area (Å²) < 4.78 is 5.50. The van der Waals surface area contributed by atoms with Crippen LogP contribution in [0.15, 0.2) is 41.7 Å². The van der Waals surface area contributed by atoms with Crippen molar-refractivity contribution in [1.29, 1.82) is 0 Å². The van der Waals surface area contributed by atoms with Crippen LogP contribution in [0.3, 0.4) is 0 Å². The van der Waals surface area contributed by atoms with Gasteiger partial charge in [0.1, 0.15) is 12.4 Å². The van der Waals surface area contributed by atoms with Gasteiger partial charge < -0.3 is 14.8 Å². The first kappa shape index (κ1) is 14.9. The molecule has 0 amide bonds. The highest BCUT2D eigenvalue weighted by molar-refractivity contribution is 7.98. The maximum Gasteiger partial charge on any atom is 0.166 e. The van der Waals surface area contributed by atoms with Crippen LogP contribution in [0.1, 0.15) is 11.3 Å². The van der Waals surface area contributed by atoms with E-state index in [4.69, 9.17) is 9.84 Å². The molecule has 0 aliphatic carbocycles. The van der Waals surface area contributed by atoms with Gasteiger partial charge in [0, 0.05) is 17.5 Å². The normalized spacial score (nSPS) is 11.0. The third kappa shape index (κ3) is 3.23. The molecule has 0 spiro atoms. The Kier molecular flexibility index (Phi) is 4.60. The van der Waals surface area contributed by atoms with Gasteiger partial charge in [-0.2, -0.15) is 0 Å². The minimum absolute atomic E-state index is 0.00479. The summed E-state index contributed by atoms with van der Waals surface area (Å²) >= 11 is 1.61. The number of nitrogens with one attached hydrogen (secondary N) is 1. The van der Waals surface area contributed by atoms with Gasteiger partial charge in [-0.15, -0.1) is 0 Å². The van der Waals surface area contributed by atoms with Crippen molar-refractivity contribution < 1.29 is 9.84 Å². The van der Waals surface area contributed by atoms with Gasteiger partial charge in [0.25, 0.3) is 0 Å². The van der Waals surface area contributed by atoms with Crippen molar-refractivity contribution in [1.82, 2.24) is 15.0 Å². The van der Waals surface area contributed by atoms with Crippen LogP contribution in [0, 0.1) is 6.92 Å². The first-order valence-electron chi connectivity index (χ1n) is 7.03. The number of aliphatic hydroxyl groups is 1. The standard InChI is InChI=1S/C16H17N3O2S/c1-11-14(17-7-6-15(11)21-9-8-20)10-22-16-18-12-4-2-3-5-13(12)19-16/h2-7,20H,8-10H2,1H3,(H,18,19). The summed E-state index contributed by atoms with van der Waals surface area (Å²) in [5.74, 6) is 1.48. The van der Waals surface area contributed by atoms with Gasteiger partial charge in [-0.25, -0.2) is 4.98 Å². The number of imidazole rings is 1. The number of fused-ring (bicyclic) bond motifs is 1. The molecule has 0 saturated heterocycles. The number of hydrogen-bond acceptors (Lipinski definition) is 5. The van der Waals surface area contributed by atoms with Crippen LogP contribution < -0.4 is 4.74 Å². The third-order valence-electron chi connectivity index (χ3n) is 3.32. The molecule has 0 aliphatic rings. The fourth-order valence-corrected chi connectivity index (χ4v) is 3.06. The molecule has 3 rings (SSSR count). The largest absolute Gasteiger partial charge is 0.491 e. The summed E-state index contributed by atoms with van der Waals surface area (Å²) in [6.07, 6.45) is 1.73. The van der Waals surface area contributed by atoms with E-state index in [0.29, 0.717) is 12.4 Å². The smallest absolute Gasteiger partial charge is 0.166 e. The van der Waals surface area contributed by atoms with E-state index in [0.717, 1.165) is 33.2 Å². The van der Waals surface area contributed by atoms with Crippen molar-refractivity contribution >= 4 is 22.8 Å². The fourth-order valence-electron chi connectivity index (χ4n) is 2.15. The fraction of sp³-hybridized carbons (Fsp3) is 0.250. The van der Waals surface area contributed by atoms with Crippen molar-refractivity contribution in [3.05, 3.63) is 47.8 Å². The lowest BCUT2D eigenvalue weighted by Gasteiger charge is -2.10. The van der Waals surface area contributed by atoms with Gasteiger partial charge in [-0.3, -0.25) is 4.98 Å². The zero-order valence-corrected chi connectivity index (χ0v) is 13.1. The van der Waals surface area contributed by atoms with Gasteiger partial charge in [-0.1, -0.05) is 23.9 Å². The van der Waals surface area contributed by atoms with Crippen molar-refractivity contribution in [2.24, 2.45) is 0 Å². The highest BCUT2D eigenvalue weighted by Gasteiger charge is 2.09. The number of H-pyrrole nitrogens is 1. The van der Waals surface area contributed by atoms with Crippen molar-refractivity contribution in [2.75, 3.05) is 13.2 Å². The first-order chi connectivity index (χ1) is 10.8. The minimum atomic E-state index is 0.00479. The van der Waals surface area contributed by atoms with Crippen LogP contribution in [0.5, 0.6) is 5.75 Å². The van der Waals surface area contributed by atoms with E-state index in [1.54, 1.807) is 18.0 Å². The zero-order valence-electron chi connectivity index (χ0n) is 12.2. The summed E-state index contributed by atoms with van der Waals surface area (Å²) in [5.41, 5.74) is 3.96. The van der Waals surface area contributed by atoms with Crippen LogP contribution >= 0.6 is 11.8 Å². The van der Waals surface area contributed by atoms with E-state index in [2.05, 4.69) is 15.0 Å². The van der Waals surface area contributed by atoms with Gasteiger partial charge in [0.2, 0.25) is 0 Å². The van der Waals surface area contributed by atoms with Gasteiger partial charge in [-0.05, 0) is 25.1 Å². The number of benzene rings is 1. The first-order valence-corrected chi connectivity index (χ1v) is 8.02. The quantitative estimate of drug-likeness (QED) is 0.684. The van der Waals surface area contributed by atoms with Crippen LogP contribution in [-0.4, -0.2) is 33.3 Å². The molecule has 22 heavy (non-hydrogen) atoms. The molecule has 0 atom stereocenters. The van der Waals surface area contributed by atoms with Gasteiger partial charge >= 0.3 is 0 Å². The van der Waals surface area contributed by atoms with Gasteiger partial charge in [0.15, 0.2) is 5.16 Å². The molecule has 2 N–H and O–H groups in total. The van der Waals surface area contributed by atoms with E-state index in [1.807, 2.05) is 37.3 Å². The second-order valence-electron chi connectivity index (χ2n) is 4.80. The predicted octanol–water partition coefficient (Wildman–Crippen LogP) is 2.93. The maximum absolute atomic E-state index is 8.85. The Morgan fingerprint density at radius 3 is 2.95 bits per heavy atom. The zero-order chi connectivity index (χ0) is 15.4. The van der Waals surface area contributed by atoms with E-state index in [-0.39, 0.29) is 6.61 Å². The van der Waals surface area contributed by atoms with E-state index >= 15 is 0 Å². The molecule has 0 saturated carbocycles. The molecule has 0 aliphatic heterocycles. The highest BCUT2D eigenvalue weighted by Crippen LogP contribution is 2.26. The molecule has 0 unspecified atom stereocenters. The van der Waals surface area contributed by atoms with Crippen molar-refractivity contribution in [3.8, 4) is 5.75 Å². The minimum Gasteiger partial charge on any atom is -0.491 e. The molecule has 5 nitrogen and oxygen atoms in total. The van der Waals surface area contributed by atoms with E-state index in [9.17, 15) is 0 Å². The molecule has 0 bridgehead atoms. The summed E-state index contributed by atoms with van der Waals surface area (Å²) in [6.45, 7) is 2.28. The number of pyridine rings is 1. The predicted molar refractivity (Wildman–Crippen MR) is 87.2 cm³/mol. The monoisotopic (exact) mass is 315 g/mol. The molecule has 0 radical (unpaired) electrons. The molecule has 1 aromatic carbocycles. The van der Waals surface area contributed by atoms with Crippen LogP contribution in [0.4, 0.5) is 0 Å². The maximum atomic E-state index is 8.85. The molecule has 2 aromatic heterocycles. The van der Waals surface area contributed by atoms with Crippen molar-refractivity contribution in [2.45, 2.75) is 17.8 Å². The summed E-state index contributed by atoms with van der Waals surface area (Å²) in [6, 6.07) is 9.79. The summed E-state index contributed by atoms with van der Waals surface area (Å²) in [7, 11) is 0. The number of aromatic nitrogens is 3. The molecular formula is C16H17N3O2S. The number of rotatable bonds is 6. The third-order valence-corrected chi connectivity index (χ3v) is 4.21. The highest BCUT2D eigenvalue weighted by atomic mass is 32.2. The lowest BCUT2D eigenvalue weighted by Crippen LogP contribution is -2.04. The molecular weight excluding hydrogens is 298 g/mol. The summed E-state index contributed by atoms with van der Waals surface area (Å²) in [4.78, 5) is 12.2. The Morgan fingerprint density at radius 1 is 1.27 bits per heavy atom. The molecule has 3 aromatic rings. The summed E-state index contributed by atoms with van der Waals surface area (Å²) in [5, 5.41) is 9.73.